The fourth-order valence-corrected chi connectivity index (χ4v) is 1.92. The number of carbonyl (C=O) groups excluding carboxylic acids is 1. The molecule has 1 aromatic heterocycles. The molecule has 5 heteroatoms. The number of benzene rings is 1. The summed E-state index contributed by atoms with van der Waals surface area (Å²) in [7, 11) is 0. The van der Waals surface area contributed by atoms with Crippen molar-refractivity contribution in [3.63, 3.8) is 0 Å². The number of rotatable bonds is 3. The Labute approximate surface area is 116 Å². The van der Waals surface area contributed by atoms with E-state index in [4.69, 9.17) is 11.6 Å². The second kappa shape index (κ2) is 5.80. The number of carbonyl (C=O) groups is 1. The summed E-state index contributed by atoms with van der Waals surface area (Å²) in [4.78, 5) is 20.4. The molecule has 0 saturated heterocycles. The number of aryl methyl sites for hydroxylation is 1. The molecule has 1 atom stereocenters. The summed E-state index contributed by atoms with van der Waals surface area (Å²) in [5.41, 5.74) is 1.38. The van der Waals surface area contributed by atoms with Gasteiger partial charge >= 0.3 is 0 Å². The smallest absolute Gasteiger partial charge is 0.251 e. The summed E-state index contributed by atoms with van der Waals surface area (Å²) in [5.74, 6) is 0.351. The van der Waals surface area contributed by atoms with Crippen molar-refractivity contribution in [2.24, 2.45) is 0 Å². The molecule has 0 radical (unpaired) electrons. The molecular weight excluding hydrogens is 262 g/mol. The van der Waals surface area contributed by atoms with Gasteiger partial charge in [0.25, 0.3) is 5.91 Å². The minimum absolute atomic E-state index is 0.158. The van der Waals surface area contributed by atoms with Crippen LogP contribution in [0.3, 0.4) is 0 Å². The molecule has 1 amide bonds. The average Bonchev–Trinajstić information content (AvgIpc) is 2.38. The van der Waals surface area contributed by atoms with Crippen molar-refractivity contribution in [2.75, 3.05) is 0 Å². The van der Waals surface area contributed by atoms with Crippen LogP contribution in [-0.4, -0.2) is 15.9 Å². The third-order valence-corrected chi connectivity index (χ3v) is 2.80. The molecule has 1 aromatic carbocycles. The van der Waals surface area contributed by atoms with Crippen molar-refractivity contribution < 1.29 is 4.79 Å². The van der Waals surface area contributed by atoms with Crippen LogP contribution in [0.2, 0.25) is 5.15 Å². The van der Waals surface area contributed by atoms with E-state index in [1.165, 1.54) is 0 Å². The molecular formula is C14H14ClN3O. The molecule has 0 fully saturated rings. The third-order valence-electron chi connectivity index (χ3n) is 2.61. The average molecular weight is 276 g/mol. The number of aromatic nitrogens is 2. The Hall–Kier alpha value is -1.94. The lowest BCUT2D eigenvalue weighted by Crippen LogP contribution is -2.28. The van der Waals surface area contributed by atoms with Crippen molar-refractivity contribution in [3.8, 4) is 0 Å². The molecule has 1 unspecified atom stereocenters. The van der Waals surface area contributed by atoms with Crippen molar-refractivity contribution in [2.45, 2.75) is 19.9 Å². The van der Waals surface area contributed by atoms with E-state index in [-0.39, 0.29) is 11.9 Å². The molecule has 0 bridgehead atoms. The van der Waals surface area contributed by atoms with E-state index in [0.29, 0.717) is 16.5 Å². The number of amides is 1. The van der Waals surface area contributed by atoms with Crippen LogP contribution in [0, 0.1) is 6.92 Å². The summed E-state index contributed by atoms with van der Waals surface area (Å²) in [5, 5.41) is 3.22. The second-order valence-electron chi connectivity index (χ2n) is 4.25. The molecule has 2 rings (SSSR count). The van der Waals surface area contributed by atoms with Gasteiger partial charge in [-0.05, 0) is 32.0 Å². The Morgan fingerprint density at radius 1 is 1.26 bits per heavy atom. The minimum atomic E-state index is -0.301. The molecule has 1 heterocycles. The van der Waals surface area contributed by atoms with Crippen LogP contribution in [0.5, 0.6) is 0 Å². The monoisotopic (exact) mass is 275 g/mol. The van der Waals surface area contributed by atoms with Crippen molar-refractivity contribution in [1.29, 1.82) is 0 Å². The number of halogens is 1. The van der Waals surface area contributed by atoms with Crippen molar-refractivity contribution >= 4 is 17.5 Å². The van der Waals surface area contributed by atoms with E-state index in [1.54, 1.807) is 18.2 Å². The summed E-state index contributed by atoms with van der Waals surface area (Å²) >= 11 is 5.88. The fourth-order valence-electron chi connectivity index (χ4n) is 1.68. The molecule has 0 aliphatic heterocycles. The van der Waals surface area contributed by atoms with Gasteiger partial charge < -0.3 is 5.32 Å². The molecule has 2 aromatic rings. The van der Waals surface area contributed by atoms with Crippen molar-refractivity contribution in [3.05, 3.63) is 58.6 Å². The molecule has 0 aliphatic rings. The fraction of sp³-hybridized carbons (Fsp3) is 0.214. The lowest BCUT2D eigenvalue weighted by molar-refractivity contribution is 0.0938. The Kier molecular flexibility index (Phi) is 4.12. The van der Waals surface area contributed by atoms with Crippen LogP contribution in [0.1, 0.15) is 34.8 Å². The maximum Gasteiger partial charge on any atom is 0.251 e. The topological polar surface area (TPSA) is 54.9 Å². The zero-order valence-corrected chi connectivity index (χ0v) is 11.5. The van der Waals surface area contributed by atoms with Gasteiger partial charge in [-0.1, -0.05) is 29.8 Å². The van der Waals surface area contributed by atoms with E-state index in [1.807, 2.05) is 32.0 Å². The van der Waals surface area contributed by atoms with E-state index in [2.05, 4.69) is 15.3 Å². The summed E-state index contributed by atoms with van der Waals surface area (Å²) in [6.45, 7) is 3.66. The highest BCUT2D eigenvalue weighted by atomic mass is 35.5. The van der Waals surface area contributed by atoms with Gasteiger partial charge in [0.1, 0.15) is 5.15 Å². The molecule has 0 spiro atoms. The van der Waals surface area contributed by atoms with E-state index in [0.717, 1.165) is 5.69 Å². The quantitative estimate of drug-likeness (QED) is 0.876. The number of hydrogen-bond acceptors (Lipinski definition) is 3. The van der Waals surface area contributed by atoms with Gasteiger partial charge in [0, 0.05) is 11.3 Å². The summed E-state index contributed by atoms with van der Waals surface area (Å²) in [6.07, 6.45) is 0. The highest BCUT2D eigenvalue weighted by Crippen LogP contribution is 2.13. The molecule has 1 N–H and O–H groups in total. The van der Waals surface area contributed by atoms with Gasteiger partial charge in [0.05, 0.1) is 6.04 Å². The van der Waals surface area contributed by atoms with Crippen LogP contribution in [0.4, 0.5) is 0 Å². The zero-order chi connectivity index (χ0) is 13.8. The maximum atomic E-state index is 12.0. The largest absolute Gasteiger partial charge is 0.342 e. The molecule has 98 valence electrons. The minimum Gasteiger partial charge on any atom is -0.342 e. The van der Waals surface area contributed by atoms with Crippen LogP contribution in [-0.2, 0) is 0 Å². The lowest BCUT2D eigenvalue weighted by atomic mass is 10.2. The maximum absolute atomic E-state index is 12.0. The van der Waals surface area contributed by atoms with Crippen LogP contribution in [0.15, 0.2) is 36.4 Å². The van der Waals surface area contributed by atoms with Crippen LogP contribution < -0.4 is 5.32 Å². The van der Waals surface area contributed by atoms with E-state index < -0.39 is 0 Å². The van der Waals surface area contributed by atoms with Gasteiger partial charge in [-0.25, -0.2) is 9.97 Å². The molecule has 4 nitrogen and oxygen atoms in total. The Balaban J connectivity index is 2.13. The molecule has 0 aliphatic carbocycles. The lowest BCUT2D eigenvalue weighted by Gasteiger charge is -2.13. The normalized spacial score (nSPS) is 11.9. The van der Waals surface area contributed by atoms with Gasteiger partial charge in [-0.2, -0.15) is 0 Å². The Morgan fingerprint density at radius 2 is 1.95 bits per heavy atom. The predicted octanol–water partition coefficient (Wildman–Crippen LogP) is 2.93. The first-order chi connectivity index (χ1) is 9.06. The van der Waals surface area contributed by atoms with Gasteiger partial charge in [-0.15, -0.1) is 0 Å². The Morgan fingerprint density at radius 3 is 2.58 bits per heavy atom. The zero-order valence-electron chi connectivity index (χ0n) is 10.7. The second-order valence-corrected chi connectivity index (χ2v) is 4.64. The highest BCUT2D eigenvalue weighted by Gasteiger charge is 2.14. The number of nitrogens with one attached hydrogen (secondary N) is 1. The summed E-state index contributed by atoms with van der Waals surface area (Å²) in [6, 6.07) is 10.4. The van der Waals surface area contributed by atoms with Gasteiger partial charge in [-0.3, -0.25) is 4.79 Å². The van der Waals surface area contributed by atoms with Gasteiger partial charge in [0.15, 0.2) is 5.82 Å². The first kappa shape index (κ1) is 13.5. The number of nitrogens with zero attached hydrogens (tertiary/aromatic N) is 2. The van der Waals surface area contributed by atoms with Gasteiger partial charge in [0.2, 0.25) is 0 Å². The SMILES string of the molecule is Cc1cc(Cl)nc(C(C)NC(=O)c2ccccc2)n1. The highest BCUT2D eigenvalue weighted by molar-refractivity contribution is 6.29. The Bertz CT molecular complexity index is 566. The van der Waals surface area contributed by atoms with E-state index in [9.17, 15) is 4.79 Å². The predicted molar refractivity (Wildman–Crippen MR) is 74.1 cm³/mol. The van der Waals surface area contributed by atoms with E-state index >= 15 is 0 Å². The summed E-state index contributed by atoms with van der Waals surface area (Å²) < 4.78 is 0. The standard InChI is InChI=1S/C14H14ClN3O/c1-9-8-12(15)18-13(16-9)10(2)17-14(19)11-6-4-3-5-7-11/h3-8,10H,1-2H3,(H,17,19). The first-order valence-electron chi connectivity index (χ1n) is 5.93. The van der Waals surface area contributed by atoms with Crippen molar-refractivity contribution in [1.82, 2.24) is 15.3 Å². The first-order valence-corrected chi connectivity index (χ1v) is 6.31. The molecule has 0 saturated carbocycles. The third kappa shape index (κ3) is 3.51. The van der Waals surface area contributed by atoms with Crippen LogP contribution in [0.25, 0.3) is 0 Å². The molecule has 19 heavy (non-hydrogen) atoms. The van der Waals surface area contributed by atoms with Crippen LogP contribution >= 0.6 is 11.6 Å². The number of hydrogen-bond donors (Lipinski definition) is 1.